The minimum atomic E-state index is -0.323. The normalized spacial score (nSPS) is 17.0. The highest BCUT2D eigenvalue weighted by molar-refractivity contribution is 5.78. The molecule has 0 aromatic heterocycles. The van der Waals surface area contributed by atoms with E-state index in [9.17, 15) is 9.59 Å². The summed E-state index contributed by atoms with van der Waals surface area (Å²) < 4.78 is 0. The Morgan fingerprint density at radius 1 is 1.31 bits per heavy atom. The van der Waals surface area contributed by atoms with Crippen LogP contribution in [-0.2, 0) is 9.59 Å². The first-order valence-electron chi connectivity index (χ1n) is 5.66. The molecule has 6 nitrogen and oxygen atoms in total. The van der Waals surface area contributed by atoms with Gasteiger partial charge in [0.1, 0.15) is 0 Å². The van der Waals surface area contributed by atoms with E-state index in [-0.39, 0.29) is 11.8 Å². The quantitative estimate of drug-likeness (QED) is 0.472. The van der Waals surface area contributed by atoms with Crippen LogP contribution in [0.4, 0.5) is 0 Å². The van der Waals surface area contributed by atoms with Crippen molar-refractivity contribution in [1.82, 2.24) is 15.5 Å². The van der Waals surface area contributed by atoms with Gasteiger partial charge in [0.25, 0.3) is 0 Å². The van der Waals surface area contributed by atoms with Crippen molar-refractivity contribution < 1.29 is 9.59 Å². The van der Waals surface area contributed by atoms with Crippen molar-refractivity contribution in [2.24, 2.45) is 5.73 Å². The van der Waals surface area contributed by atoms with Gasteiger partial charge in [-0.3, -0.25) is 14.5 Å². The van der Waals surface area contributed by atoms with Crippen LogP contribution < -0.4 is 16.4 Å². The number of hydrogen-bond acceptors (Lipinski definition) is 4. The largest absolute Gasteiger partial charge is 0.370 e. The van der Waals surface area contributed by atoms with E-state index in [0.717, 1.165) is 26.2 Å². The van der Waals surface area contributed by atoms with Crippen molar-refractivity contribution in [3.8, 4) is 0 Å². The minimum absolute atomic E-state index is 0.0198. The first-order valence-corrected chi connectivity index (χ1v) is 5.66. The Labute approximate surface area is 95.5 Å². The summed E-state index contributed by atoms with van der Waals surface area (Å²) in [6, 6.07) is 0. The molecule has 1 aliphatic rings. The molecule has 6 heteroatoms. The number of rotatable bonds is 6. The SMILES string of the molecule is NC(=O)CCCNC(=O)CN1CCNCC1. The van der Waals surface area contributed by atoms with Crippen LogP contribution in [0.2, 0.25) is 0 Å². The standard InChI is InChI=1S/C10H20N4O2/c11-9(15)2-1-3-13-10(16)8-14-6-4-12-5-7-14/h12H,1-8H2,(H2,11,15)(H,13,16). The molecule has 1 fully saturated rings. The third kappa shape index (κ3) is 5.67. The van der Waals surface area contributed by atoms with Gasteiger partial charge in [-0.15, -0.1) is 0 Å². The van der Waals surface area contributed by atoms with Crippen molar-refractivity contribution in [1.29, 1.82) is 0 Å². The molecule has 16 heavy (non-hydrogen) atoms. The lowest BCUT2D eigenvalue weighted by atomic mass is 10.3. The van der Waals surface area contributed by atoms with Gasteiger partial charge in [-0.05, 0) is 6.42 Å². The Hall–Kier alpha value is -1.14. The van der Waals surface area contributed by atoms with E-state index < -0.39 is 0 Å². The van der Waals surface area contributed by atoms with Crippen molar-refractivity contribution in [2.75, 3.05) is 39.3 Å². The molecule has 92 valence electrons. The van der Waals surface area contributed by atoms with Crippen LogP contribution in [-0.4, -0.2) is 56.0 Å². The lowest BCUT2D eigenvalue weighted by Gasteiger charge is -2.26. The van der Waals surface area contributed by atoms with E-state index in [1.165, 1.54) is 0 Å². The number of carbonyl (C=O) groups is 2. The summed E-state index contributed by atoms with van der Waals surface area (Å²) in [5.74, 6) is -0.303. The zero-order valence-electron chi connectivity index (χ0n) is 9.50. The predicted molar refractivity (Wildman–Crippen MR) is 60.7 cm³/mol. The fourth-order valence-electron chi connectivity index (χ4n) is 1.62. The monoisotopic (exact) mass is 228 g/mol. The van der Waals surface area contributed by atoms with Crippen LogP contribution in [0.5, 0.6) is 0 Å². The zero-order chi connectivity index (χ0) is 11.8. The van der Waals surface area contributed by atoms with Gasteiger partial charge in [0, 0.05) is 39.1 Å². The number of piperazine rings is 1. The van der Waals surface area contributed by atoms with Crippen molar-refractivity contribution in [3.63, 3.8) is 0 Å². The number of nitrogens with zero attached hydrogens (tertiary/aromatic N) is 1. The number of nitrogens with two attached hydrogens (primary N) is 1. The predicted octanol–water partition coefficient (Wildman–Crippen LogP) is -1.73. The second-order valence-electron chi connectivity index (χ2n) is 3.95. The van der Waals surface area contributed by atoms with Gasteiger partial charge in [0.2, 0.25) is 11.8 Å². The maximum Gasteiger partial charge on any atom is 0.234 e. The summed E-state index contributed by atoms with van der Waals surface area (Å²) in [6.45, 7) is 4.67. The lowest BCUT2D eigenvalue weighted by molar-refractivity contribution is -0.123. The Morgan fingerprint density at radius 2 is 2.00 bits per heavy atom. The Kier molecular flexibility index (Phi) is 5.81. The summed E-state index contributed by atoms with van der Waals surface area (Å²) in [5.41, 5.74) is 4.99. The molecule has 1 rings (SSSR count). The molecule has 0 bridgehead atoms. The third-order valence-corrected chi connectivity index (χ3v) is 2.50. The van der Waals surface area contributed by atoms with Gasteiger partial charge in [-0.25, -0.2) is 0 Å². The zero-order valence-corrected chi connectivity index (χ0v) is 9.50. The highest BCUT2D eigenvalue weighted by atomic mass is 16.2. The molecule has 0 unspecified atom stereocenters. The molecule has 1 heterocycles. The molecule has 0 aromatic rings. The Bertz CT molecular complexity index is 239. The van der Waals surface area contributed by atoms with E-state index in [0.29, 0.717) is 25.9 Å². The molecule has 1 aliphatic heterocycles. The van der Waals surface area contributed by atoms with Crippen LogP contribution in [0.1, 0.15) is 12.8 Å². The number of hydrogen-bond donors (Lipinski definition) is 3. The molecule has 0 spiro atoms. The average Bonchev–Trinajstić information content (AvgIpc) is 2.25. The molecule has 0 aromatic carbocycles. The average molecular weight is 228 g/mol. The lowest BCUT2D eigenvalue weighted by Crippen LogP contribution is -2.47. The molecular formula is C10H20N4O2. The molecule has 0 saturated carbocycles. The highest BCUT2D eigenvalue weighted by Gasteiger charge is 2.12. The third-order valence-electron chi connectivity index (χ3n) is 2.50. The summed E-state index contributed by atoms with van der Waals surface area (Å²) in [5, 5.41) is 6.00. The van der Waals surface area contributed by atoms with Crippen molar-refractivity contribution in [2.45, 2.75) is 12.8 Å². The second-order valence-corrected chi connectivity index (χ2v) is 3.95. The van der Waals surface area contributed by atoms with Crippen LogP contribution in [0.15, 0.2) is 0 Å². The van der Waals surface area contributed by atoms with Crippen LogP contribution in [0.25, 0.3) is 0 Å². The minimum Gasteiger partial charge on any atom is -0.370 e. The van der Waals surface area contributed by atoms with E-state index >= 15 is 0 Å². The molecule has 0 aliphatic carbocycles. The van der Waals surface area contributed by atoms with Crippen molar-refractivity contribution in [3.05, 3.63) is 0 Å². The topological polar surface area (TPSA) is 87.5 Å². The van der Waals surface area contributed by atoms with Crippen LogP contribution in [0, 0.1) is 0 Å². The molecular weight excluding hydrogens is 208 g/mol. The summed E-state index contributed by atoms with van der Waals surface area (Å²) in [6.07, 6.45) is 0.941. The molecule has 2 amide bonds. The van der Waals surface area contributed by atoms with E-state index in [1.54, 1.807) is 0 Å². The van der Waals surface area contributed by atoms with E-state index in [1.807, 2.05) is 0 Å². The van der Waals surface area contributed by atoms with Gasteiger partial charge < -0.3 is 16.4 Å². The Balaban J connectivity index is 2.03. The maximum atomic E-state index is 11.5. The fraction of sp³-hybridized carbons (Fsp3) is 0.800. The van der Waals surface area contributed by atoms with Crippen LogP contribution in [0.3, 0.4) is 0 Å². The summed E-state index contributed by atoms with van der Waals surface area (Å²) in [4.78, 5) is 24.0. The van der Waals surface area contributed by atoms with Gasteiger partial charge in [-0.1, -0.05) is 0 Å². The van der Waals surface area contributed by atoms with Crippen molar-refractivity contribution >= 4 is 11.8 Å². The number of nitrogens with one attached hydrogen (secondary N) is 2. The molecule has 4 N–H and O–H groups in total. The summed E-state index contributed by atoms with van der Waals surface area (Å²) >= 11 is 0. The Morgan fingerprint density at radius 3 is 2.62 bits per heavy atom. The van der Waals surface area contributed by atoms with Gasteiger partial charge in [-0.2, -0.15) is 0 Å². The molecule has 0 radical (unpaired) electrons. The van der Waals surface area contributed by atoms with Gasteiger partial charge in [0.15, 0.2) is 0 Å². The van der Waals surface area contributed by atoms with Crippen LogP contribution >= 0.6 is 0 Å². The van der Waals surface area contributed by atoms with E-state index in [2.05, 4.69) is 15.5 Å². The molecule has 1 saturated heterocycles. The first-order chi connectivity index (χ1) is 7.68. The smallest absolute Gasteiger partial charge is 0.234 e. The number of carbonyl (C=O) groups excluding carboxylic acids is 2. The van der Waals surface area contributed by atoms with E-state index in [4.69, 9.17) is 5.73 Å². The first kappa shape index (κ1) is 12.9. The number of primary amides is 1. The van der Waals surface area contributed by atoms with Gasteiger partial charge in [0.05, 0.1) is 6.54 Å². The maximum absolute atomic E-state index is 11.5. The van der Waals surface area contributed by atoms with Gasteiger partial charge >= 0.3 is 0 Å². The second kappa shape index (κ2) is 7.19. The fourth-order valence-corrected chi connectivity index (χ4v) is 1.62. The highest BCUT2D eigenvalue weighted by Crippen LogP contribution is 1.91. The number of amides is 2. The summed E-state index contributed by atoms with van der Waals surface area (Å²) in [7, 11) is 0. The molecule has 0 atom stereocenters.